The van der Waals surface area contributed by atoms with Crippen molar-refractivity contribution in [3.63, 3.8) is 0 Å². The number of hydrogen-bond donors (Lipinski definition) is 1. The van der Waals surface area contributed by atoms with Crippen molar-refractivity contribution in [1.82, 2.24) is 29.2 Å². The zero-order valence-corrected chi connectivity index (χ0v) is 31.1. The molecule has 1 N–H and O–H groups in total. The number of nitrogens with zero attached hydrogens (tertiary/aromatic N) is 7. The first kappa shape index (κ1) is 35.4. The molecule has 55 heavy (non-hydrogen) atoms. The Morgan fingerprint density at radius 3 is 2.64 bits per heavy atom. The number of carbonyl (C=O) groups excluding carboxylic acids is 1. The van der Waals surface area contributed by atoms with Crippen LogP contribution in [0.3, 0.4) is 0 Å². The number of likely N-dealkylation sites (tertiary alicyclic amines) is 2. The summed E-state index contributed by atoms with van der Waals surface area (Å²) in [5, 5.41) is 21.6. The standard InChI is InChI=1S/C42H43F2N7O4/c1-22(32-11-6-14-48(32)3)55-41-30-19-34(33-12-7-15-49(33)23(2)52)51(39-25-17-35(39)50(21-25)42(53)54)40(30)29-16-24(8-5-13-45)36(37(44)38(29)47-41)27-9-4-10-31-28(27)18-26(43)20-46-31/h4,9-10,16,18-20,22,25,32-33,35,39H,5-8,11-12,14-15,17,21H2,1-3H3,(H,53,54)/t22-,25+,32?,33?,35+,39-/m0/s1. The number of ether oxygens (including phenoxy) is 1. The molecule has 5 aromatic rings. The second kappa shape index (κ2) is 13.4. The SMILES string of the molecule is CC(=O)N1CCCC1c1cc2c(O[C@@H](C)C3CCCN3C)nc3c(F)c(-c4cccc5ncc(F)cc45)c(CCC#N)cc3c2n1[C@H]1[C@@H]2C[C@H]1N(C(=O)O)C2. The summed E-state index contributed by atoms with van der Waals surface area (Å²) in [4.78, 5) is 40.4. The molecule has 2 unspecified atom stereocenters. The van der Waals surface area contributed by atoms with Gasteiger partial charge in [0.1, 0.15) is 17.4 Å². The van der Waals surface area contributed by atoms with Crippen molar-refractivity contribution in [3.05, 3.63) is 65.5 Å². The Morgan fingerprint density at radius 1 is 1.09 bits per heavy atom. The number of aryl methyl sites for hydroxylation is 1. The number of likely N-dealkylation sites (N-methyl/N-ethyl adjacent to an activating group) is 1. The molecule has 4 saturated heterocycles. The number of amides is 2. The van der Waals surface area contributed by atoms with E-state index >= 15 is 4.39 Å². The largest absolute Gasteiger partial charge is 0.472 e. The van der Waals surface area contributed by atoms with Crippen molar-refractivity contribution in [3.8, 4) is 23.1 Å². The molecule has 7 heterocycles. The van der Waals surface area contributed by atoms with E-state index in [1.807, 2.05) is 24.0 Å². The first-order valence-electron chi connectivity index (χ1n) is 19.3. The second-order valence-corrected chi connectivity index (χ2v) is 15.8. The molecule has 4 aliphatic heterocycles. The lowest BCUT2D eigenvalue weighted by Crippen LogP contribution is -2.43. The van der Waals surface area contributed by atoms with E-state index in [2.05, 4.69) is 27.6 Å². The molecule has 1 saturated carbocycles. The van der Waals surface area contributed by atoms with Crippen molar-refractivity contribution in [2.24, 2.45) is 5.92 Å². The monoisotopic (exact) mass is 747 g/mol. The zero-order chi connectivity index (χ0) is 38.3. The summed E-state index contributed by atoms with van der Waals surface area (Å²) in [5.41, 5.74) is 3.33. The van der Waals surface area contributed by atoms with Crippen molar-refractivity contribution < 1.29 is 28.2 Å². The van der Waals surface area contributed by atoms with Crippen molar-refractivity contribution in [2.45, 2.75) is 89.1 Å². The maximum absolute atomic E-state index is 17.8. The Kier molecular flexibility index (Phi) is 8.64. The Hall–Kier alpha value is -5.35. The minimum Gasteiger partial charge on any atom is -0.472 e. The van der Waals surface area contributed by atoms with E-state index in [1.165, 1.54) is 11.0 Å². The average Bonchev–Trinajstić information content (AvgIpc) is 3.99. The molecule has 10 rings (SSSR count). The van der Waals surface area contributed by atoms with Crippen LogP contribution in [0.1, 0.15) is 75.7 Å². The van der Waals surface area contributed by atoms with Crippen LogP contribution in [0.15, 0.2) is 42.6 Å². The van der Waals surface area contributed by atoms with Gasteiger partial charge in [0.25, 0.3) is 0 Å². The molecule has 0 radical (unpaired) electrons. The fourth-order valence-corrected chi connectivity index (χ4v) is 10.2. The maximum Gasteiger partial charge on any atom is 0.407 e. The average molecular weight is 748 g/mol. The van der Waals surface area contributed by atoms with Gasteiger partial charge in [0.2, 0.25) is 11.8 Å². The molecule has 0 spiro atoms. The van der Waals surface area contributed by atoms with Crippen molar-refractivity contribution in [2.75, 3.05) is 26.7 Å². The highest BCUT2D eigenvalue weighted by atomic mass is 19.1. The van der Waals surface area contributed by atoms with E-state index in [4.69, 9.17) is 9.72 Å². The summed E-state index contributed by atoms with van der Waals surface area (Å²) in [7, 11) is 2.07. The van der Waals surface area contributed by atoms with Gasteiger partial charge in [-0.3, -0.25) is 14.7 Å². The molecule has 6 atom stereocenters. The second-order valence-electron chi connectivity index (χ2n) is 15.8. The lowest BCUT2D eigenvalue weighted by atomic mass is 9.79. The van der Waals surface area contributed by atoms with Gasteiger partial charge in [0.15, 0.2) is 5.82 Å². The summed E-state index contributed by atoms with van der Waals surface area (Å²) >= 11 is 0. The third-order valence-corrected chi connectivity index (χ3v) is 12.8. The van der Waals surface area contributed by atoms with E-state index in [9.17, 15) is 24.3 Å². The molecule has 2 aromatic carbocycles. The number of benzene rings is 2. The Bertz CT molecular complexity index is 2440. The van der Waals surface area contributed by atoms with Gasteiger partial charge >= 0.3 is 6.09 Å². The van der Waals surface area contributed by atoms with Gasteiger partial charge in [-0.25, -0.2) is 18.6 Å². The number of carbonyl (C=O) groups is 2. The molecular formula is C42H43F2N7O4. The van der Waals surface area contributed by atoms with Gasteiger partial charge in [0, 0.05) is 60.4 Å². The van der Waals surface area contributed by atoms with Gasteiger partial charge in [-0.15, -0.1) is 0 Å². The summed E-state index contributed by atoms with van der Waals surface area (Å²) in [6.07, 6.45) is 4.43. The predicted octanol–water partition coefficient (Wildman–Crippen LogP) is 7.61. The first-order chi connectivity index (χ1) is 26.5. The number of aromatic nitrogens is 3. The van der Waals surface area contributed by atoms with E-state index in [0.29, 0.717) is 57.8 Å². The summed E-state index contributed by atoms with van der Waals surface area (Å²) in [6.45, 7) is 5.52. The molecular weight excluding hydrogens is 705 g/mol. The lowest BCUT2D eigenvalue weighted by molar-refractivity contribution is -0.129. The van der Waals surface area contributed by atoms with Crippen LogP contribution in [0.4, 0.5) is 13.6 Å². The third-order valence-electron chi connectivity index (χ3n) is 12.8. The zero-order valence-electron chi connectivity index (χ0n) is 31.1. The van der Waals surface area contributed by atoms with Crippen LogP contribution in [-0.2, 0) is 11.2 Å². The number of fused-ring (bicyclic) bond motifs is 5. The highest BCUT2D eigenvalue weighted by Gasteiger charge is 2.56. The van der Waals surface area contributed by atoms with E-state index in [1.54, 1.807) is 25.1 Å². The van der Waals surface area contributed by atoms with Crippen molar-refractivity contribution in [1.29, 1.82) is 5.26 Å². The summed E-state index contributed by atoms with van der Waals surface area (Å²) in [6, 6.07) is 12.0. The number of hydrogen-bond acceptors (Lipinski definition) is 7. The molecule has 11 nitrogen and oxygen atoms in total. The molecule has 3 aromatic heterocycles. The predicted molar refractivity (Wildman–Crippen MR) is 203 cm³/mol. The molecule has 1 aliphatic carbocycles. The van der Waals surface area contributed by atoms with E-state index in [-0.39, 0.29) is 71.9 Å². The van der Waals surface area contributed by atoms with Crippen molar-refractivity contribution >= 4 is 44.7 Å². The lowest BCUT2D eigenvalue weighted by Gasteiger charge is -2.40. The first-order valence-corrected chi connectivity index (χ1v) is 19.3. The molecule has 2 amide bonds. The van der Waals surface area contributed by atoms with Gasteiger partial charge < -0.3 is 24.2 Å². The van der Waals surface area contributed by atoms with Crippen LogP contribution in [-0.4, -0.2) is 91.2 Å². The van der Waals surface area contributed by atoms with Crippen LogP contribution in [0.25, 0.3) is 43.8 Å². The van der Waals surface area contributed by atoms with Gasteiger partial charge in [0.05, 0.1) is 46.8 Å². The Morgan fingerprint density at radius 2 is 1.91 bits per heavy atom. The Labute approximate surface area is 317 Å². The fraction of sp³-hybridized carbons (Fsp3) is 0.452. The van der Waals surface area contributed by atoms with E-state index < -0.39 is 17.7 Å². The van der Waals surface area contributed by atoms with Crippen LogP contribution in [0, 0.1) is 28.9 Å². The quantitative estimate of drug-likeness (QED) is 0.172. The van der Waals surface area contributed by atoms with Gasteiger partial charge in [-0.1, -0.05) is 12.1 Å². The van der Waals surface area contributed by atoms with Gasteiger partial charge in [-0.2, -0.15) is 5.26 Å². The molecule has 5 aliphatic rings. The molecule has 2 bridgehead atoms. The molecule has 5 fully saturated rings. The topological polar surface area (TPSA) is 128 Å². The highest BCUT2D eigenvalue weighted by Crippen LogP contribution is 2.54. The van der Waals surface area contributed by atoms with Crippen LogP contribution in [0.5, 0.6) is 5.88 Å². The third kappa shape index (κ3) is 5.59. The number of rotatable bonds is 8. The summed E-state index contributed by atoms with van der Waals surface area (Å²) in [5.74, 6) is -0.922. The number of pyridine rings is 2. The van der Waals surface area contributed by atoms with Crippen LogP contribution in [0.2, 0.25) is 0 Å². The normalized spacial score (nSPS) is 24.2. The minimum absolute atomic E-state index is 0.0292. The number of nitriles is 1. The highest BCUT2D eigenvalue weighted by molar-refractivity contribution is 6.10. The number of halogens is 2. The summed E-state index contributed by atoms with van der Waals surface area (Å²) < 4.78 is 41.6. The molecule has 13 heteroatoms. The van der Waals surface area contributed by atoms with Crippen LogP contribution >= 0.6 is 0 Å². The Balaban J connectivity index is 1.36. The van der Waals surface area contributed by atoms with Gasteiger partial charge in [-0.05, 0) is 94.4 Å². The van der Waals surface area contributed by atoms with E-state index in [0.717, 1.165) is 44.1 Å². The fourth-order valence-electron chi connectivity index (χ4n) is 10.2. The van der Waals surface area contributed by atoms with Crippen LogP contribution < -0.4 is 4.74 Å². The smallest absolute Gasteiger partial charge is 0.407 e. The number of carboxylic acid groups (broad SMARTS) is 1. The maximum atomic E-state index is 17.8. The molecule has 284 valence electrons. The minimum atomic E-state index is -0.972.